The molecule has 2 heterocycles. The molecule has 9 heteroatoms. The number of benzene rings is 1. The Morgan fingerprint density at radius 2 is 2.03 bits per heavy atom. The molecule has 0 aliphatic carbocycles. The normalized spacial score (nSPS) is 14.7. The lowest BCUT2D eigenvalue weighted by molar-refractivity contribution is -0.384. The number of nitro benzene ring substituents is 1. The number of carbonyl (C=O) groups is 2. The molecule has 1 fully saturated rings. The Hall–Kier alpha value is -3.62. The highest BCUT2D eigenvalue weighted by molar-refractivity contribution is 5.93. The van der Waals surface area contributed by atoms with Crippen LogP contribution in [0.3, 0.4) is 0 Å². The average molecular weight is 413 g/mol. The molecule has 1 amide bonds. The number of nitrogens with zero attached hydrogens (tertiary/aromatic N) is 2. The van der Waals surface area contributed by atoms with Gasteiger partial charge in [-0.25, -0.2) is 4.79 Å². The van der Waals surface area contributed by atoms with E-state index >= 15 is 0 Å². The van der Waals surface area contributed by atoms with E-state index in [9.17, 15) is 19.7 Å². The van der Waals surface area contributed by atoms with E-state index in [0.29, 0.717) is 42.9 Å². The molecule has 1 N–H and O–H groups in total. The first kappa shape index (κ1) is 21.1. The van der Waals surface area contributed by atoms with Crippen molar-refractivity contribution >= 4 is 29.3 Å². The molecular weight excluding hydrogens is 390 g/mol. The van der Waals surface area contributed by atoms with Gasteiger partial charge in [0, 0.05) is 36.8 Å². The lowest BCUT2D eigenvalue weighted by atomic mass is 10.0. The van der Waals surface area contributed by atoms with Crippen molar-refractivity contribution in [3.8, 4) is 0 Å². The second kappa shape index (κ2) is 9.25. The highest BCUT2D eigenvalue weighted by Gasteiger charge is 2.26. The molecule has 0 saturated carbocycles. The molecule has 30 heavy (non-hydrogen) atoms. The molecule has 9 nitrogen and oxygen atoms in total. The predicted octanol–water partition coefficient (Wildman–Crippen LogP) is 3.08. The van der Waals surface area contributed by atoms with Crippen LogP contribution in [0.25, 0.3) is 6.08 Å². The van der Waals surface area contributed by atoms with Crippen LogP contribution in [0.5, 0.6) is 0 Å². The van der Waals surface area contributed by atoms with Crippen molar-refractivity contribution in [3.05, 3.63) is 63.6 Å². The Labute approximate surface area is 173 Å². The van der Waals surface area contributed by atoms with Crippen molar-refractivity contribution in [2.45, 2.75) is 25.8 Å². The van der Waals surface area contributed by atoms with Gasteiger partial charge in [-0.1, -0.05) is 6.07 Å². The summed E-state index contributed by atoms with van der Waals surface area (Å²) in [5, 5.41) is 14.5. The van der Waals surface area contributed by atoms with Gasteiger partial charge >= 0.3 is 5.97 Å². The molecule has 3 rings (SSSR count). The summed E-state index contributed by atoms with van der Waals surface area (Å²) < 4.78 is 9.75. The molecule has 1 saturated heterocycles. The highest BCUT2D eigenvalue weighted by atomic mass is 16.6. The minimum Gasteiger partial charge on any atom is -0.466 e. The van der Waals surface area contributed by atoms with Crippen molar-refractivity contribution in [3.63, 3.8) is 0 Å². The monoisotopic (exact) mass is 413 g/mol. The van der Waals surface area contributed by atoms with Crippen LogP contribution in [-0.2, 0) is 9.53 Å². The number of ether oxygens (including phenoxy) is 1. The van der Waals surface area contributed by atoms with E-state index in [1.807, 2.05) is 11.8 Å². The molecule has 0 atom stereocenters. The van der Waals surface area contributed by atoms with Crippen molar-refractivity contribution in [2.75, 3.05) is 25.1 Å². The molecule has 0 unspecified atom stereocenters. The summed E-state index contributed by atoms with van der Waals surface area (Å²) in [4.78, 5) is 36.6. The van der Waals surface area contributed by atoms with Crippen LogP contribution in [0.2, 0.25) is 0 Å². The van der Waals surface area contributed by atoms with Gasteiger partial charge < -0.3 is 19.4 Å². The number of rotatable bonds is 6. The van der Waals surface area contributed by atoms with Crippen LogP contribution in [0, 0.1) is 17.0 Å². The van der Waals surface area contributed by atoms with Crippen molar-refractivity contribution in [2.24, 2.45) is 0 Å². The Morgan fingerprint density at radius 1 is 1.30 bits per heavy atom. The lowest BCUT2D eigenvalue weighted by Gasteiger charge is -2.33. The topological polar surface area (TPSA) is 115 Å². The largest absolute Gasteiger partial charge is 0.466 e. The zero-order valence-corrected chi connectivity index (χ0v) is 16.8. The number of anilines is 1. The van der Waals surface area contributed by atoms with Crippen LogP contribution in [0.1, 0.15) is 34.5 Å². The van der Waals surface area contributed by atoms with Gasteiger partial charge in [0.25, 0.3) is 11.6 Å². The molecule has 0 spiro atoms. The van der Waals surface area contributed by atoms with Crippen LogP contribution < -0.4 is 10.2 Å². The fraction of sp³-hybridized carbons (Fsp3) is 0.333. The van der Waals surface area contributed by atoms with Gasteiger partial charge in [-0.15, -0.1) is 0 Å². The quantitative estimate of drug-likeness (QED) is 0.335. The number of aryl methyl sites for hydroxylation is 1. The third-order valence-corrected chi connectivity index (χ3v) is 5.05. The third-order valence-electron chi connectivity index (χ3n) is 5.05. The zero-order chi connectivity index (χ0) is 21.7. The highest BCUT2D eigenvalue weighted by Crippen LogP contribution is 2.31. The van der Waals surface area contributed by atoms with E-state index in [0.717, 1.165) is 5.56 Å². The standard InChI is InChI=1S/C21H23N3O6/c1-14-9-12-30-20(14)21(26)22-16-7-10-23(11-8-16)17-5-3-15(4-6-19(25)29-2)13-18(17)24(27)28/h3-6,9,12-13,16H,7-8,10-11H2,1-2H3,(H,22,26)/b6-4+. The van der Waals surface area contributed by atoms with Crippen LogP contribution in [0.15, 0.2) is 41.0 Å². The number of hydrogen-bond acceptors (Lipinski definition) is 7. The molecule has 0 bridgehead atoms. The van der Waals surface area contributed by atoms with Crippen LogP contribution in [-0.4, -0.2) is 43.0 Å². The Bertz CT molecular complexity index is 973. The smallest absolute Gasteiger partial charge is 0.330 e. The van der Waals surface area contributed by atoms with E-state index in [1.165, 1.54) is 31.6 Å². The van der Waals surface area contributed by atoms with Crippen molar-refractivity contribution in [1.29, 1.82) is 0 Å². The minimum atomic E-state index is -0.532. The number of piperidine rings is 1. The second-order valence-corrected chi connectivity index (χ2v) is 7.03. The number of amides is 1. The number of carbonyl (C=O) groups excluding carboxylic acids is 2. The van der Waals surface area contributed by atoms with Gasteiger partial charge in [0.1, 0.15) is 5.69 Å². The van der Waals surface area contributed by atoms with Gasteiger partial charge in [0.05, 0.1) is 18.3 Å². The van der Waals surface area contributed by atoms with Gasteiger partial charge in [0.2, 0.25) is 0 Å². The first-order chi connectivity index (χ1) is 14.4. The number of hydrogen-bond donors (Lipinski definition) is 1. The number of furan rings is 1. The summed E-state index contributed by atoms with van der Waals surface area (Å²) in [6.45, 7) is 2.95. The van der Waals surface area contributed by atoms with Gasteiger partial charge in [-0.2, -0.15) is 0 Å². The minimum absolute atomic E-state index is 0.0282. The maximum absolute atomic E-state index is 12.3. The number of nitrogens with one attached hydrogen (secondary N) is 1. The molecular formula is C21H23N3O6. The maximum atomic E-state index is 12.3. The fourth-order valence-corrected chi connectivity index (χ4v) is 3.41. The zero-order valence-electron chi connectivity index (χ0n) is 16.8. The first-order valence-corrected chi connectivity index (χ1v) is 9.53. The summed E-state index contributed by atoms with van der Waals surface area (Å²) in [5.74, 6) is -0.470. The predicted molar refractivity (Wildman–Crippen MR) is 110 cm³/mol. The molecule has 1 aromatic heterocycles. The summed E-state index contributed by atoms with van der Waals surface area (Å²) in [7, 11) is 1.26. The summed E-state index contributed by atoms with van der Waals surface area (Å²) in [5.41, 5.74) is 1.80. The lowest BCUT2D eigenvalue weighted by Crippen LogP contribution is -2.44. The number of esters is 1. The van der Waals surface area contributed by atoms with E-state index in [4.69, 9.17) is 4.42 Å². The Kier molecular flexibility index (Phi) is 6.51. The van der Waals surface area contributed by atoms with E-state index in [-0.39, 0.29) is 17.6 Å². The third kappa shape index (κ3) is 4.86. The second-order valence-electron chi connectivity index (χ2n) is 7.03. The van der Waals surface area contributed by atoms with E-state index < -0.39 is 10.9 Å². The van der Waals surface area contributed by atoms with Crippen molar-refractivity contribution < 1.29 is 23.7 Å². The van der Waals surface area contributed by atoms with Crippen LogP contribution >= 0.6 is 0 Å². The molecule has 158 valence electrons. The van der Waals surface area contributed by atoms with Crippen molar-refractivity contribution in [1.82, 2.24) is 5.32 Å². The summed E-state index contributed by atoms with van der Waals surface area (Å²) in [6, 6.07) is 6.54. The molecule has 1 aromatic carbocycles. The van der Waals surface area contributed by atoms with Gasteiger partial charge in [-0.3, -0.25) is 14.9 Å². The van der Waals surface area contributed by atoms with Gasteiger partial charge in [-0.05, 0) is 43.5 Å². The maximum Gasteiger partial charge on any atom is 0.330 e. The number of nitro groups is 1. The van der Waals surface area contributed by atoms with E-state index in [2.05, 4.69) is 10.1 Å². The molecule has 2 aromatic rings. The average Bonchev–Trinajstić information content (AvgIpc) is 3.18. The molecule has 1 aliphatic rings. The fourth-order valence-electron chi connectivity index (χ4n) is 3.41. The molecule has 0 radical (unpaired) electrons. The Morgan fingerprint density at radius 3 is 2.63 bits per heavy atom. The first-order valence-electron chi connectivity index (χ1n) is 9.53. The Balaban J connectivity index is 1.66. The van der Waals surface area contributed by atoms with Gasteiger partial charge in [0.15, 0.2) is 5.76 Å². The SMILES string of the molecule is COC(=O)/C=C/c1ccc(N2CCC(NC(=O)c3occc3C)CC2)c([N+](=O)[O-])c1. The summed E-state index contributed by atoms with van der Waals surface area (Å²) >= 11 is 0. The summed E-state index contributed by atoms with van der Waals surface area (Å²) in [6.07, 6.45) is 5.49. The molecule has 1 aliphatic heterocycles. The number of methoxy groups -OCH3 is 1. The van der Waals surface area contributed by atoms with Crippen LogP contribution in [0.4, 0.5) is 11.4 Å². The van der Waals surface area contributed by atoms with E-state index in [1.54, 1.807) is 18.2 Å².